The van der Waals surface area contributed by atoms with Crippen LogP contribution in [-0.2, 0) is 14.8 Å². The molecule has 2 aromatic rings. The highest BCUT2D eigenvalue weighted by molar-refractivity contribution is 9.10. The molecule has 1 heterocycles. The van der Waals surface area contributed by atoms with Gasteiger partial charge in [-0.1, -0.05) is 15.9 Å². The highest BCUT2D eigenvalue weighted by Gasteiger charge is 2.28. The van der Waals surface area contributed by atoms with Gasteiger partial charge in [-0.3, -0.25) is 4.79 Å². The third-order valence-electron chi connectivity index (χ3n) is 4.57. The van der Waals surface area contributed by atoms with Crippen LogP contribution in [0.2, 0.25) is 0 Å². The Balaban J connectivity index is 1.46. The van der Waals surface area contributed by atoms with Crippen LogP contribution in [0.3, 0.4) is 0 Å². The van der Waals surface area contributed by atoms with Gasteiger partial charge in [-0.2, -0.15) is 4.31 Å². The summed E-state index contributed by atoms with van der Waals surface area (Å²) in [6, 6.07) is 12.2. The van der Waals surface area contributed by atoms with Crippen molar-refractivity contribution in [2.45, 2.75) is 11.3 Å². The molecule has 9 heteroatoms. The first-order valence-electron chi connectivity index (χ1n) is 8.88. The molecule has 1 saturated heterocycles. The first-order valence-corrected chi connectivity index (χ1v) is 11.1. The van der Waals surface area contributed by atoms with Gasteiger partial charge in [0.25, 0.3) is 0 Å². The SMILES string of the molecule is O=C(CCN1CCN(S(=O)(=O)c2ccc(Br)cc2)CC1)Nc1ccc(F)cc1. The van der Waals surface area contributed by atoms with Gasteiger partial charge in [-0.15, -0.1) is 0 Å². The summed E-state index contributed by atoms with van der Waals surface area (Å²) in [6.07, 6.45) is 0.289. The minimum Gasteiger partial charge on any atom is -0.326 e. The average molecular weight is 470 g/mol. The number of sulfonamides is 1. The van der Waals surface area contributed by atoms with Crippen molar-refractivity contribution in [3.8, 4) is 0 Å². The highest BCUT2D eigenvalue weighted by atomic mass is 79.9. The molecule has 0 atom stereocenters. The second-order valence-electron chi connectivity index (χ2n) is 6.50. The molecule has 1 fully saturated rings. The third-order valence-corrected chi connectivity index (χ3v) is 7.01. The number of carbonyl (C=O) groups is 1. The molecule has 0 aliphatic carbocycles. The van der Waals surface area contributed by atoms with Crippen LogP contribution in [0, 0.1) is 5.82 Å². The molecule has 0 bridgehead atoms. The highest BCUT2D eigenvalue weighted by Crippen LogP contribution is 2.20. The molecular formula is C19H21BrFN3O3S. The van der Waals surface area contributed by atoms with Crippen molar-refractivity contribution >= 4 is 37.5 Å². The molecule has 3 rings (SSSR count). The number of hydrogen-bond donors (Lipinski definition) is 1. The smallest absolute Gasteiger partial charge is 0.243 e. The number of benzene rings is 2. The van der Waals surface area contributed by atoms with Crippen molar-refractivity contribution in [1.29, 1.82) is 0 Å². The molecule has 1 aliphatic heterocycles. The van der Waals surface area contributed by atoms with Crippen LogP contribution < -0.4 is 5.32 Å². The topological polar surface area (TPSA) is 69.7 Å². The van der Waals surface area contributed by atoms with Gasteiger partial charge >= 0.3 is 0 Å². The number of carbonyl (C=O) groups excluding carboxylic acids is 1. The first kappa shape index (κ1) is 20.9. The van der Waals surface area contributed by atoms with Gasteiger partial charge < -0.3 is 10.2 Å². The van der Waals surface area contributed by atoms with Gasteiger partial charge in [0, 0.05) is 49.3 Å². The molecule has 28 heavy (non-hydrogen) atoms. The van der Waals surface area contributed by atoms with Crippen molar-refractivity contribution in [3.05, 3.63) is 58.8 Å². The van der Waals surface area contributed by atoms with Crippen LogP contribution in [0.25, 0.3) is 0 Å². The zero-order valence-corrected chi connectivity index (χ0v) is 17.5. The summed E-state index contributed by atoms with van der Waals surface area (Å²) in [5, 5.41) is 2.73. The van der Waals surface area contributed by atoms with Gasteiger partial charge in [-0.25, -0.2) is 12.8 Å². The fourth-order valence-corrected chi connectivity index (χ4v) is 4.65. The molecule has 150 valence electrons. The fraction of sp³-hybridized carbons (Fsp3) is 0.316. The Hall–Kier alpha value is -1.81. The molecule has 1 amide bonds. The van der Waals surface area contributed by atoms with Gasteiger partial charge in [0.2, 0.25) is 15.9 Å². The maximum absolute atomic E-state index is 12.9. The molecule has 6 nitrogen and oxygen atoms in total. The maximum Gasteiger partial charge on any atom is 0.243 e. The fourth-order valence-electron chi connectivity index (χ4n) is 2.97. The van der Waals surface area contributed by atoms with Crippen molar-refractivity contribution in [2.75, 3.05) is 38.0 Å². The summed E-state index contributed by atoms with van der Waals surface area (Å²) in [6.45, 7) is 2.45. The van der Waals surface area contributed by atoms with E-state index < -0.39 is 10.0 Å². The van der Waals surface area contributed by atoms with Crippen LogP contribution in [0.15, 0.2) is 57.9 Å². The Morgan fingerprint density at radius 2 is 1.61 bits per heavy atom. The summed E-state index contributed by atoms with van der Waals surface area (Å²) in [4.78, 5) is 14.4. The third kappa shape index (κ3) is 5.38. The summed E-state index contributed by atoms with van der Waals surface area (Å²) in [5.74, 6) is -0.509. The van der Waals surface area contributed by atoms with Gasteiger partial charge in [0.05, 0.1) is 4.90 Å². The summed E-state index contributed by atoms with van der Waals surface area (Å²) in [5.41, 5.74) is 0.553. The van der Waals surface area contributed by atoms with Crippen molar-refractivity contribution in [3.63, 3.8) is 0 Å². The van der Waals surface area contributed by atoms with E-state index in [1.165, 1.54) is 28.6 Å². The largest absolute Gasteiger partial charge is 0.326 e. The van der Waals surface area contributed by atoms with Gasteiger partial charge in [0.15, 0.2) is 0 Å². The summed E-state index contributed by atoms with van der Waals surface area (Å²) >= 11 is 3.30. The molecule has 0 spiro atoms. The van der Waals surface area contributed by atoms with E-state index >= 15 is 0 Å². The Labute approximate surface area is 172 Å². The van der Waals surface area contributed by atoms with Crippen molar-refractivity contribution < 1.29 is 17.6 Å². The Morgan fingerprint density at radius 1 is 1.00 bits per heavy atom. The van der Waals surface area contributed by atoms with E-state index in [1.54, 1.807) is 24.3 Å². The van der Waals surface area contributed by atoms with E-state index in [0.717, 1.165) is 4.47 Å². The molecule has 2 aromatic carbocycles. The molecule has 0 unspecified atom stereocenters. The lowest BCUT2D eigenvalue weighted by Crippen LogP contribution is -2.49. The monoisotopic (exact) mass is 469 g/mol. The van der Waals surface area contributed by atoms with E-state index in [1.807, 2.05) is 0 Å². The number of nitrogens with zero attached hydrogens (tertiary/aromatic N) is 2. The standard InChI is InChI=1S/C19H21BrFN3O3S/c20-15-1-7-18(8-2-15)28(26,27)24-13-11-23(12-14-24)10-9-19(25)22-17-5-3-16(21)4-6-17/h1-8H,9-14H2,(H,22,25). The second kappa shape index (κ2) is 9.13. The van der Waals surface area contributed by atoms with Crippen molar-refractivity contribution in [1.82, 2.24) is 9.21 Å². The Bertz CT molecular complexity index is 912. The minimum atomic E-state index is -3.50. The lowest BCUT2D eigenvalue weighted by atomic mass is 10.2. The number of rotatable bonds is 6. The van der Waals surface area contributed by atoms with Crippen LogP contribution in [0.4, 0.5) is 10.1 Å². The number of hydrogen-bond acceptors (Lipinski definition) is 4. The maximum atomic E-state index is 12.9. The molecule has 1 aliphatic rings. The van der Waals surface area contributed by atoms with Gasteiger partial charge in [0.1, 0.15) is 5.82 Å². The first-order chi connectivity index (χ1) is 13.3. The van der Waals surface area contributed by atoms with Gasteiger partial charge in [-0.05, 0) is 48.5 Å². The van der Waals surface area contributed by atoms with E-state index in [0.29, 0.717) is 38.4 Å². The molecule has 1 N–H and O–H groups in total. The number of amides is 1. The zero-order chi connectivity index (χ0) is 20.1. The molecule has 0 radical (unpaired) electrons. The van der Waals surface area contributed by atoms with Crippen LogP contribution in [0.1, 0.15) is 6.42 Å². The summed E-state index contributed by atoms with van der Waals surface area (Å²) in [7, 11) is -3.50. The number of nitrogens with one attached hydrogen (secondary N) is 1. The Kier molecular flexibility index (Phi) is 6.82. The lowest BCUT2D eigenvalue weighted by molar-refractivity contribution is -0.116. The zero-order valence-electron chi connectivity index (χ0n) is 15.1. The van der Waals surface area contributed by atoms with Crippen LogP contribution in [0.5, 0.6) is 0 Å². The molecule has 0 saturated carbocycles. The number of piperazine rings is 1. The minimum absolute atomic E-state index is 0.156. The van der Waals surface area contributed by atoms with Crippen LogP contribution in [-0.4, -0.2) is 56.3 Å². The average Bonchev–Trinajstić information content (AvgIpc) is 2.69. The quantitative estimate of drug-likeness (QED) is 0.705. The lowest BCUT2D eigenvalue weighted by Gasteiger charge is -2.33. The van der Waals surface area contributed by atoms with E-state index in [4.69, 9.17) is 0 Å². The second-order valence-corrected chi connectivity index (χ2v) is 9.36. The van der Waals surface area contributed by atoms with E-state index in [-0.39, 0.29) is 23.0 Å². The predicted octanol–water partition coefficient (Wildman–Crippen LogP) is 2.92. The molecular weight excluding hydrogens is 449 g/mol. The number of anilines is 1. The van der Waals surface area contributed by atoms with Crippen LogP contribution >= 0.6 is 15.9 Å². The summed E-state index contributed by atoms with van der Waals surface area (Å²) < 4.78 is 40.6. The number of halogens is 2. The molecule has 0 aromatic heterocycles. The van der Waals surface area contributed by atoms with Crippen molar-refractivity contribution in [2.24, 2.45) is 0 Å². The normalized spacial score (nSPS) is 16.1. The van der Waals surface area contributed by atoms with E-state index in [9.17, 15) is 17.6 Å². The predicted molar refractivity (Wildman–Crippen MR) is 109 cm³/mol. The van der Waals surface area contributed by atoms with E-state index in [2.05, 4.69) is 26.1 Å². The Morgan fingerprint density at radius 3 is 2.21 bits per heavy atom.